The fraction of sp³-hybridized carbons (Fsp3) is 0.333. The zero-order valence-corrected chi connectivity index (χ0v) is 15.4. The quantitative estimate of drug-likeness (QED) is 0.765. The average molecular weight is 350 g/mol. The number of hydrogen-bond donors (Lipinski definition) is 0. The lowest BCUT2D eigenvalue weighted by Gasteiger charge is -2.10. The van der Waals surface area contributed by atoms with Gasteiger partial charge in [0.25, 0.3) is 10.0 Å². The summed E-state index contributed by atoms with van der Waals surface area (Å²) in [5, 5.41) is 0. The molecule has 2 aromatic carbocycles. The van der Waals surface area contributed by atoms with Crippen LogP contribution in [0.3, 0.4) is 0 Å². The van der Waals surface area contributed by atoms with Gasteiger partial charge in [-0.15, -0.1) is 3.77 Å². The third kappa shape index (κ3) is 5.29. The van der Waals surface area contributed by atoms with Gasteiger partial charge in [0.2, 0.25) is 0 Å². The predicted octanol–water partition coefficient (Wildman–Crippen LogP) is 4.59. The second kappa shape index (κ2) is 7.88. The van der Waals surface area contributed by atoms with Gasteiger partial charge >= 0.3 is 0 Å². The van der Waals surface area contributed by atoms with Crippen molar-refractivity contribution in [2.24, 2.45) is 9.69 Å². The number of benzene rings is 2. The highest BCUT2D eigenvalue weighted by Gasteiger charge is 2.15. The van der Waals surface area contributed by atoms with Crippen LogP contribution in [0.4, 0.5) is 0 Å². The van der Waals surface area contributed by atoms with Crippen LogP contribution in [0.15, 0.2) is 68.2 Å². The number of rotatable bonds is 6. The standard InChI is InChI=1S/C18H23NO2S2/c1-15(2)13-14-22(17-7-5-4-6-8-17)19-23(20,21)18-11-9-16(3)10-12-18/h4-12,15H,13-14H2,1-3H3. The summed E-state index contributed by atoms with van der Waals surface area (Å²) in [7, 11) is -4.28. The van der Waals surface area contributed by atoms with Crippen LogP contribution < -0.4 is 0 Å². The molecular formula is C18H23NO2S2. The Balaban J connectivity index is 2.40. The fourth-order valence-electron chi connectivity index (χ4n) is 1.99. The molecular weight excluding hydrogens is 326 g/mol. The van der Waals surface area contributed by atoms with Gasteiger partial charge < -0.3 is 0 Å². The molecule has 0 saturated carbocycles. The summed E-state index contributed by atoms with van der Waals surface area (Å²) >= 11 is 0. The summed E-state index contributed by atoms with van der Waals surface area (Å²) in [6, 6.07) is 16.6. The molecule has 1 atom stereocenters. The van der Waals surface area contributed by atoms with Crippen LogP contribution >= 0.6 is 0 Å². The Morgan fingerprint density at radius 1 is 1.00 bits per heavy atom. The maximum Gasteiger partial charge on any atom is 0.288 e. The van der Waals surface area contributed by atoms with Crippen LogP contribution in [0.1, 0.15) is 25.8 Å². The van der Waals surface area contributed by atoms with Crippen LogP contribution in [0.25, 0.3) is 0 Å². The van der Waals surface area contributed by atoms with Gasteiger partial charge in [0.05, 0.1) is 4.90 Å². The van der Waals surface area contributed by atoms with E-state index in [0.717, 1.165) is 22.6 Å². The highest BCUT2D eigenvalue weighted by Crippen LogP contribution is 2.19. The topological polar surface area (TPSA) is 46.5 Å². The van der Waals surface area contributed by atoms with Gasteiger partial charge in [-0.1, -0.05) is 60.4 Å². The molecule has 3 nitrogen and oxygen atoms in total. The molecule has 0 fully saturated rings. The molecule has 0 amide bonds. The van der Waals surface area contributed by atoms with Crippen molar-refractivity contribution in [1.82, 2.24) is 0 Å². The van der Waals surface area contributed by atoms with E-state index in [2.05, 4.69) is 17.6 Å². The van der Waals surface area contributed by atoms with Crippen LogP contribution in [0.2, 0.25) is 0 Å². The van der Waals surface area contributed by atoms with E-state index in [9.17, 15) is 8.42 Å². The van der Waals surface area contributed by atoms with Crippen LogP contribution in [0, 0.1) is 12.8 Å². The van der Waals surface area contributed by atoms with Gasteiger partial charge in [-0.25, -0.2) is 0 Å². The van der Waals surface area contributed by atoms with Gasteiger partial charge in [0.1, 0.15) is 0 Å². The maximum absolute atomic E-state index is 12.6. The van der Waals surface area contributed by atoms with Crippen molar-refractivity contribution < 1.29 is 8.42 Å². The number of nitrogens with zero attached hydrogens (tertiary/aromatic N) is 1. The Kier molecular flexibility index (Phi) is 6.13. The van der Waals surface area contributed by atoms with Crippen molar-refractivity contribution in [3.63, 3.8) is 0 Å². The van der Waals surface area contributed by atoms with Crippen molar-refractivity contribution >= 4 is 20.7 Å². The van der Waals surface area contributed by atoms with Crippen molar-refractivity contribution in [1.29, 1.82) is 0 Å². The zero-order valence-electron chi connectivity index (χ0n) is 13.8. The molecule has 0 radical (unpaired) electrons. The molecule has 23 heavy (non-hydrogen) atoms. The average Bonchev–Trinajstić information content (AvgIpc) is 2.52. The third-order valence-corrected chi connectivity index (χ3v) is 7.22. The molecule has 0 aromatic heterocycles. The molecule has 0 saturated heterocycles. The minimum Gasteiger partial charge on any atom is -0.199 e. The Morgan fingerprint density at radius 3 is 2.17 bits per heavy atom. The highest BCUT2D eigenvalue weighted by molar-refractivity contribution is 8.00. The number of aryl methyl sites for hydroxylation is 1. The van der Waals surface area contributed by atoms with E-state index in [-0.39, 0.29) is 4.90 Å². The third-order valence-electron chi connectivity index (χ3n) is 3.41. The molecule has 0 spiro atoms. The molecule has 0 bridgehead atoms. The smallest absolute Gasteiger partial charge is 0.199 e. The van der Waals surface area contributed by atoms with Crippen molar-refractivity contribution in [2.45, 2.75) is 37.0 Å². The molecule has 0 aliphatic rings. The molecule has 124 valence electrons. The first-order valence-electron chi connectivity index (χ1n) is 7.69. The van der Waals surface area contributed by atoms with Crippen LogP contribution in [0.5, 0.6) is 0 Å². The highest BCUT2D eigenvalue weighted by atomic mass is 32.3. The first-order chi connectivity index (χ1) is 10.9. The van der Waals surface area contributed by atoms with Gasteiger partial charge in [-0.3, -0.25) is 0 Å². The van der Waals surface area contributed by atoms with Crippen molar-refractivity contribution in [3.05, 3.63) is 60.2 Å². The molecule has 0 heterocycles. The monoisotopic (exact) mass is 349 g/mol. The number of sulfonamides is 1. The molecule has 0 aliphatic heterocycles. The van der Waals surface area contributed by atoms with Crippen LogP contribution in [-0.4, -0.2) is 14.2 Å². The Hall–Kier alpha value is -1.46. The molecule has 2 rings (SSSR count). The largest absolute Gasteiger partial charge is 0.288 e. The normalized spacial score (nSPS) is 13.4. The lowest BCUT2D eigenvalue weighted by molar-refractivity contribution is 0.598. The lowest BCUT2D eigenvalue weighted by atomic mass is 10.2. The number of hydrogen-bond acceptors (Lipinski definition) is 2. The summed E-state index contributed by atoms with van der Waals surface area (Å²) in [4.78, 5) is 1.24. The Labute approximate surface area is 141 Å². The minimum atomic E-state index is -3.63. The van der Waals surface area contributed by atoms with E-state index in [0.29, 0.717) is 5.92 Å². The molecule has 0 aliphatic carbocycles. The summed E-state index contributed by atoms with van der Waals surface area (Å²) in [5.41, 5.74) is 1.03. The summed E-state index contributed by atoms with van der Waals surface area (Å²) in [6.45, 7) is 6.21. The predicted molar refractivity (Wildman–Crippen MR) is 97.2 cm³/mol. The first-order valence-corrected chi connectivity index (χ1v) is 10.5. The second-order valence-electron chi connectivity index (χ2n) is 5.93. The van der Waals surface area contributed by atoms with E-state index < -0.39 is 20.7 Å². The van der Waals surface area contributed by atoms with E-state index in [4.69, 9.17) is 0 Å². The zero-order chi connectivity index (χ0) is 16.9. The summed E-state index contributed by atoms with van der Waals surface area (Å²) in [5.74, 6) is 1.28. The minimum absolute atomic E-state index is 0.265. The molecule has 0 N–H and O–H groups in total. The van der Waals surface area contributed by atoms with Gasteiger partial charge in [-0.2, -0.15) is 8.42 Å². The van der Waals surface area contributed by atoms with E-state index in [1.165, 1.54) is 0 Å². The second-order valence-corrected chi connectivity index (χ2v) is 9.55. The summed E-state index contributed by atoms with van der Waals surface area (Å²) in [6.07, 6.45) is 0.949. The lowest BCUT2D eigenvalue weighted by Crippen LogP contribution is -2.06. The van der Waals surface area contributed by atoms with Gasteiger partial charge in [-0.05, 0) is 43.5 Å². The van der Waals surface area contributed by atoms with Crippen molar-refractivity contribution in [2.75, 3.05) is 5.75 Å². The van der Waals surface area contributed by atoms with E-state index >= 15 is 0 Å². The van der Waals surface area contributed by atoms with E-state index in [1.54, 1.807) is 24.3 Å². The molecule has 5 heteroatoms. The molecule has 1 unspecified atom stereocenters. The Bertz CT molecular complexity index is 764. The maximum atomic E-state index is 12.6. The van der Waals surface area contributed by atoms with Crippen LogP contribution in [-0.2, 0) is 20.7 Å². The molecule has 2 aromatic rings. The Morgan fingerprint density at radius 2 is 1.61 bits per heavy atom. The SMILES string of the molecule is Cc1ccc(S(=O)(=O)/N=S(\CCC(C)C)c2ccccc2)cc1. The summed E-state index contributed by atoms with van der Waals surface area (Å²) < 4.78 is 29.5. The van der Waals surface area contributed by atoms with Gasteiger partial charge in [0.15, 0.2) is 0 Å². The van der Waals surface area contributed by atoms with E-state index in [1.807, 2.05) is 37.3 Å². The van der Waals surface area contributed by atoms with Gasteiger partial charge in [0, 0.05) is 10.6 Å². The fourth-order valence-corrected chi connectivity index (χ4v) is 5.81. The first kappa shape index (κ1) is 17.9. The van der Waals surface area contributed by atoms with Crippen molar-refractivity contribution in [3.8, 4) is 0 Å².